The summed E-state index contributed by atoms with van der Waals surface area (Å²) >= 11 is 0. The summed E-state index contributed by atoms with van der Waals surface area (Å²) in [6.07, 6.45) is 1.18. The van der Waals surface area contributed by atoms with Crippen molar-refractivity contribution in [1.82, 2.24) is 0 Å². The van der Waals surface area contributed by atoms with E-state index < -0.39 is 0 Å². The maximum atomic E-state index is 4.00. The number of hydrogen-bond donors (Lipinski definition) is 0. The Morgan fingerprint density at radius 3 is 2.54 bits per heavy atom. The zero-order valence-electron chi connectivity index (χ0n) is 8.80. The predicted molar refractivity (Wildman–Crippen MR) is 59.9 cm³/mol. The first kappa shape index (κ1) is 10.0. The van der Waals surface area contributed by atoms with Crippen molar-refractivity contribution in [1.29, 1.82) is 0 Å². The second-order valence-corrected chi connectivity index (χ2v) is 3.68. The fourth-order valence-corrected chi connectivity index (χ4v) is 1.54. The van der Waals surface area contributed by atoms with E-state index in [1.165, 1.54) is 17.5 Å². The number of benzene rings is 1. The lowest BCUT2D eigenvalue weighted by atomic mass is 9.91. The summed E-state index contributed by atoms with van der Waals surface area (Å²) in [5.41, 5.74) is 3.91. The van der Waals surface area contributed by atoms with E-state index in [4.69, 9.17) is 0 Å². The molecule has 0 aromatic heterocycles. The van der Waals surface area contributed by atoms with E-state index in [9.17, 15) is 0 Å². The largest absolute Gasteiger partial charge is 0.0955 e. The monoisotopic (exact) mass is 174 g/mol. The summed E-state index contributed by atoms with van der Waals surface area (Å²) in [5, 5.41) is 0. The van der Waals surface area contributed by atoms with Crippen molar-refractivity contribution in [2.75, 3.05) is 0 Å². The van der Waals surface area contributed by atoms with Gasteiger partial charge in [0.2, 0.25) is 0 Å². The first-order valence-corrected chi connectivity index (χ1v) is 4.91. The van der Waals surface area contributed by atoms with Gasteiger partial charge in [-0.3, -0.25) is 0 Å². The van der Waals surface area contributed by atoms with Gasteiger partial charge in [-0.1, -0.05) is 50.3 Å². The van der Waals surface area contributed by atoms with E-state index in [0.717, 1.165) is 5.57 Å². The summed E-state index contributed by atoms with van der Waals surface area (Å²) in [7, 11) is 0. The number of rotatable bonds is 3. The van der Waals surface area contributed by atoms with Crippen LogP contribution in [0.25, 0.3) is 5.57 Å². The van der Waals surface area contributed by atoms with Gasteiger partial charge in [0.15, 0.2) is 0 Å². The minimum atomic E-state index is 0.632. The molecule has 0 saturated heterocycles. The zero-order valence-corrected chi connectivity index (χ0v) is 8.80. The number of hydrogen-bond acceptors (Lipinski definition) is 0. The summed E-state index contributed by atoms with van der Waals surface area (Å²) in [5.74, 6) is 0.632. The van der Waals surface area contributed by atoms with Crippen molar-refractivity contribution >= 4 is 5.57 Å². The third kappa shape index (κ3) is 2.21. The van der Waals surface area contributed by atoms with Gasteiger partial charge in [0.25, 0.3) is 0 Å². The van der Waals surface area contributed by atoms with Crippen molar-refractivity contribution in [3.63, 3.8) is 0 Å². The van der Waals surface area contributed by atoms with Crippen LogP contribution in [0.1, 0.15) is 44.2 Å². The lowest BCUT2D eigenvalue weighted by Crippen LogP contribution is -1.95. The highest BCUT2D eigenvalue weighted by Gasteiger charge is 2.07. The van der Waals surface area contributed by atoms with Crippen molar-refractivity contribution < 1.29 is 0 Å². The molecule has 0 aliphatic heterocycles. The Labute approximate surface area is 81.3 Å². The quantitative estimate of drug-likeness (QED) is 0.643. The molecule has 0 bridgehead atoms. The van der Waals surface area contributed by atoms with Gasteiger partial charge >= 0.3 is 0 Å². The molecule has 0 nitrogen and oxygen atoms in total. The van der Waals surface area contributed by atoms with Crippen molar-refractivity contribution in [2.45, 2.75) is 33.1 Å². The molecule has 0 unspecified atom stereocenters. The molecule has 1 aromatic rings. The predicted octanol–water partition coefficient (Wildman–Crippen LogP) is 4.23. The van der Waals surface area contributed by atoms with Gasteiger partial charge in [-0.15, -0.1) is 0 Å². The Hall–Kier alpha value is -1.04. The van der Waals surface area contributed by atoms with Gasteiger partial charge in [0, 0.05) is 0 Å². The van der Waals surface area contributed by atoms with Gasteiger partial charge < -0.3 is 0 Å². The zero-order chi connectivity index (χ0) is 9.84. The lowest BCUT2D eigenvalue weighted by Gasteiger charge is -2.14. The van der Waals surface area contributed by atoms with Crippen LogP contribution in [0.15, 0.2) is 30.8 Å². The standard InChI is InChI=1S/C13H18/c1-5-11(4)13-9-7-6-8-12(13)10(2)3/h6-9,11H,2,5H2,1,3-4H3/t11-/m1/s1. The first-order valence-electron chi connectivity index (χ1n) is 4.91. The van der Waals surface area contributed by atoms with E-state index in [2.05, 4.69) is 51.6 Å². The van der Waals surface area contributed by atoms with E-state index in [1.807, 2.05) is 0 Å². The third-order valence-corrected chi connectivity index (χ3v) is 2.56. The molecule has 0 heteroatoms. The van der Waals surface area contributed by atoms with Crippen LogP contribution in [0.5, 0.6) is 0 Å². The van der Waals surface area contributed by atoms with Gasteiger partial charge in [-0.05, 0) is 30.4 Å². The summed E-state index contributed by atoms with van der Waals surface area (Å²) < 4.78 is 0. The van der Waals surface area contributed by atoms with Gasteiger partial charge in [0.1, 0.15) is 0 Å². The molecule has 0 fully saturated rings. The van der Waals surface area contributed by atoms with E-state index in [0.29, 0.717) is 5.92 Å². The molecule has 0 saturated carbocycles. The summed E-state index contributed by atoms with van der Waals surface area (Å²) in [4.78, 5) is 0. The van der Waals surface area contributed by atoms with Crippen LogP contribution in [-0.2, 0) is 0 Å². The second-order valence-electron chi connectivity index (χ2n) is 3.68. The average Bonchev–Trinajstić information content (AvgIpc) is 2.16. The normalized spacial score (nSPS) is 12.5. The lowest BCUT2D eigenvalue weighted by molar-refractivity contribution is 0.731. The summed E-state index contributed by atoms with van der Waals surface area (Å²) in [6.45, 7) is 10.6. The van der Waals surface area contributed by atoms with Crippen LogP contribution >= 0.6 is 0 Å². The maximum absolute atomic E-state index is 4.00. The Balaban J connectivity index is 3.11. The molecule has 0 spiro atoms. The fraction of sp³-hybridized carbons (Fsp3) is 0.385. The summed E-state index contributed by atoms with van der Waals surface area (Å²) in [6, 6.07) is 8.55. The van der Waals surface area contributed by atoms with Crippen LogP contribution in [0.3, 0.4) is 0 Å². The first-order chi connectivity index (χ1) is 6.16. The van der Waals surface area contributed by atoms with E-state index in [1.54, 1.807) is 0 Å². The van der Waals surface area contributed by atoms with Crippen LogP contribution in [0, 0.1) is 0 Å². The Morgan fingerprint density at radius 2 is 2.00 bits per heavy atom. The molecule has 1 atom stereocenters. The highest BCUT2D eigenvalue weighted by molar-refractivity contribution is 5.65. The molecule has 0 N–H and O–H groups in total. The number of allylic oxidation sites excluding steroid dienone is 1. The van der Waals surface area contributed by atoms with Crippen molar-refractivity contribution in [3.8, 4) is 0 Å². The average molecular weight is 174 g/mol. The minimum Gasteiger partial charge on any atom is -0.0955 e. The molecular formula is C13H18. The van der Waals surface area contributed by atoms with Crippen LogP contribution in [-0.4, -0.2) is 0 Å². The molecule has 0 heterocycles. The van der Waals surface area contributed by atoms with Crippen LogP contribution in [0.2, 0.25) is 0 Å². The van der Waals surface area contributed by atoms with Crippen LogP contribution < -0.4 is 0 Å². The third-order valence-electron chi connectivity index (χ3n) is 2.56. The second kappa shape index (κ2) is 4.27. The van der Waals surface area contributed by atoms with Gasteiger partial charge in [0.05, 0.1) is 0 Å². The van der Waals surface area contributed by atoms with E-state index >= 15 is 0 Å². The van der Waals surface area contributed by atoms with Crippen molar-refractivity contribution in [2.24, 2.45) is 0 Å². The van der Waals surface area contributed by atoms with Gasteiger partial charge in [-0.2, -0.15) is 0 Å². The molecule has 0 aliphatic rings. The molecule has 0 aliphatic carbocycles. The molecule has 1 aromatic carbocycles. The highest BCUT2D eigenvalue weighted by atomic mass is 14.1. The van der Waals surface area contributed by atoms with Crippen molar-refractivity contribution in [3.05, 3.63) is 42.0 Å². The molecule has 0 amide bonds. The smallest absolute Gasteiger partial charge is 0.0187 e. The molecule has 0 radical (unpaired) electrons. The highest BCUT2D eigenvalue weighted by Crippen LogP contribution is 2.26. The minimum absolute atomic E-state index is 0.632. The van der Waals surface area contributed by atoms with E-state index in [-0.39, 0.29) is 0 Å². The fourth-order valence-electron chi connectivity index (χ4n) is 1.54. The SMILES string of the molecule is C=C(C)c1ccccc1[C@H](C)CC. The molecular weight excluding hydrogens is 156 g/mol. The maximum Gasteiger partial charge on any atom is -0.0187 e. The topological polar surface area (TPSA) is 0 Å². The van der Waals surface area contributed by atoms with Gasteiger partial charge in [-0.25, -0.2) is 0 Å². The molecule has 1 rings (SSSR count). The Bertz CT molecular complexity index is 297. The molecule has 70 valence electrons. The Morgan fingerprint density at radius 1 is 1.38 bits per heavy atom. The molecule has 13 heavy (non-hydrogen) atoms. The Kier molecular flexibility index (Phi) is 3.30. The van der Waals surface area contributed by atoms with Crippen LogP contribution in [0.4, 0.5) is 0 Å².